The van der Waals surface area contributed by atoms with Crippen LogP contribution < -0.4 is 10.2 Å². The Balaban J connectivity index is 3.12. The summed E-state index contributed by atoms with van der Waals surface area (Å²) >= 11 is 0. The summed E-state index contributed by atoms with van der Waals surface area (Å²) in [6.45, 7) is 9.42. The van der Waals surface area contributed by atoms with Crippen molar-refractivity contribution in [3.05, 3.63) is 29.6 Å². The van der Waals surface area contributed by atoms with E-state index in [4.69, 9.17) is 0 Å². The van der Waals surface area contributed by atoms with Gasteiger partial charge in [-0.2, -0.15) is 0 Å². The van der Waals surface area contributed by atoms with Crippen LogP contribution in [0.3, 0.4) is 0 Å². The normalized spacial score (nSPS) is 13.5. The maximum absolute atomic E-state index is 14.0. The van der Waals surface area contributed by atoms with Gasteiger partial charge in [0.05, 0.1) is 0 Å². The van der Waals surface area contributed by atoms with Crippen LogP contribution in [0.25, 0.3) is 0 Å². The fourth-order valence-electron chi connectivity index (χ4n) is 2.23. The second-order valence-corrected chi connectivity index (χ2v) is 6.10. The average molecular weight is 252 g/mol. The van der Waals surface area contributed by atoms with E-state index in [-0.39, 0.29) is 17.3 Å². The van der Waals surface area contributed by atoms with E-state index in [9.17, 15) is 4.39 Å². The van der Waals surface area contributed by atoms with Gasteiger partial charge in [0.15, 0.2) is 0 Å². The Morgan fingerprint density at radius 3 is 2.44 bits per heavy atom. The summed E-state index contributed by atoms with van der Waals surface area (Å²) in [7, 11) is 3.87. The first-order valence-corrected chi connectivity index (χ1v) is 6.43. The summed E-state index contributed by atoms with van der Waals surface area (Å²) in [5.74, 6) is -0.143. The van der Waals surface area contributed by atoms with Gasteiger partial charge < -0.3 is 10.2 Å². The van der Waals surface area contributed by atoms with E-state index in [1.54, 1.807) is 6.07 Å². The van der Waals surface area contributed by atoms with Crippen LogP contribution in [0.1, 0.15) is 39.3 Å². The summed E-state index contributed by atoms with van der Waals surface area (Å²) in [6, 6.07) is 5.29. The number of nitrogens with one attached hydrogen (secondary N) is 1. The van der Waals surface area contributed by atoms with Crippen molar-refractivity contribution in [3.8, 4) is 0 Å². The Bertz CT molecular complexity index is 396. The minimum Gasteiger partial charge on any atom is -0.374 e. The molecule has 1 aromatic carbocycles. The van der Waals surface area contributed by atoms with Crippen LogP contribution in [0.4, 0.5) is 10.1 Å². The molecule has 102 valence electrons. The van der Waals surface area contributed by atoms with Crippen molar-refractivity contribution >= 4 is 5.69 Å². The monoisotopic (exact) mass is 252 g/mol. The molecule has 0 aliphatic heterocycles. The molecule has 0 amide bonds. The van der Waals surface area contributed by atoms with E-state index < -0.39 is 0 Å². The number of hydrogen-bond acceptors (Lipinski definition) is 2. The molecule has 0 aliphatic rings. The number of benzene rings is 1. The molecule has 0 bridgehead atoms. The topological polar surface area (TPSA) is 15.3 Å². The molecule has 1 aromatic rings. The first kappa shape index (κ1) is 15.0. The molecule has 1 N–H and O–H groups in total. The van der Waals surface area contributed by atoms with Gasteiger partial charge in [-0.3, -0.25) is 0 Å². The summed E-state index contributed by atoms with van der Waals surface area (Å²) in [5.41, 5.74) is 1.89. The first-order valence-electron chi connectivity index (χ1n) is 6.43. The van der Waals surface area contributed by atoms with Crippen molar-refractivity contribution in [2.24, 2.45) is 5.41 Å². The van der Waals surface area contributed by atoms with Gasteiger partial charge in [-0.05, 0) is 31.5 Å². The Kier molecular flexibility index (Phi) is 4.74. The van der Waals surface area contributed by atoms with Crippen LogP contribution in [-0.4, -0.2) is 20.6 Å². The van der Waals surface area contributed by atoms with Crippen molar-refractivity contribution in [2.45, 2.75) is 33.7 Å². The smallest absolute Gasteiger partial charge is 0.130 e. The van der Waals surface area contributed by atoms with E-state index in [2.05, 4.69) is 31.0 Å². The van der Waals surface area contributed by atoms with Crippen molar-refractivity contribution in [1.82, 2.24) is 5.32 Å². The molecular formula is C15H25FN2. The Morgan fingerprint density at radius 2 is 1.94 bits per heavy atom. The lowest BCUT2D eigenvalue weighted by Gasteiger charge is -2.31. The Hall–Kier alpha value is -1.09. The van der Waals surface area contributed by atoms with Gasteiger partial charge in [-0.15, -0.1) is 0 Å². The van der Waals surface area contributed by atoms with Crippen molar-refractivity contribution in [2.75, 3.05) is 25.5 Å². The molecule has 0 saturated carbocycles. The summed E-state index contributed by atoms with van der Waals surface area (Å²) < 4.78 is 14.0. The zero-order valence-electron chi connectivity index (χ0n) is 12.3. The number of rotatable bonds is 4. The minimum atomic E-state index is -0.143. The molecule has 1 unspecified atom stereocenters. The molecule has 18 heavy (non-hydrogen) atoms. The fraction of sp³-hybridized carbons (Fsp3) is 0.600. The highest BCUT2D eigenvalue weighted by Gasteiger charge is 2.20. The van der Waals surface area contributed by atoms with E-state index in [0.717, 1.165) is 17.8 Å². The summed E-state index contributed by atoms with van der Waals surface area (Å²) in [6.07, 6.45) is 0. The number of hydrogen-bond donors (Lipinski definition) is 1. The standard InChI is InChI=1S/C15H25FN2/c1-11(17-5)14-12(16)8-7-9-13(14)18(6)10-15(2,3)4/h7-9,11,17H,10H2,1-6H3. The lowest BCUT2D eigenvalue weighted by Crippen LogP contribution is -2.31. The lowest BCUT2D eigenvalue weighted by molar-refractivity contribution is 0.417. The van der Waals surface area contributed by atoms with Gasteiger partial charge in [-0.25, -0.2) is 4.39 Å². The van der Waals surface area contributed by atoms with Crippen molar-refractivity contribution in [1.29, 1.82) is 0 Å². The van der Waals surface area contributed by atoms with Crippen molar-refractivity contribution in [3.63, 3.8) is 0 Å². The zero-order valence-corrected chi connectivity index (χ0v) is 12.3. The third kappa shape index (κ3) is 3.70. The average Bonchev–Trinajstić information content (AvgIpc) is 2.25. The van der Waals surface area contributed by atoms with Crippen LogP contribution in [0.15, 0.2) is 18.2 Å². The van der Waals surface area contributed by atoms with E-state index in [0.29, 0.717) is 0 Å². The molecule has 0 heterocycles. The first-order chi connectivity index (χ1) is 8.26. The van der Waals surface area contributed by atoms with E-state index >= 15 is 0 Å². The molecule has 3 heteroatoms. The Morgan fingerprint density at radius 1 is 1.33 bits per heavy atom. The zero-order chi connectivity index (χ0) is 13.9. The molecule has 0 aromatic heterocycles. The summed E-state index contributed by atoms with van der Waals surface area (Å²) in [4.78, 5) is 2.13. The highest BCUT2D eigenvalue weighted by atomic mass is 19.1. The van der Waals surface area contributed by atoms with Gasteiger partial charge in [0.2, 0.25) is 0 Å². The van der Waals surface area contributed by atoms with Gasteiger partial charge >= 0.3 is 0 Å². The molecule has 0 radical (unpaired) electrons. The SMILES string of the molecule is CNC(C)c1c(F)cccc1N(C)CC(C)(C)C. The molecule has 1 atom stereocenters. The van der Waals surface area contributed by atoms with E-state index in [1.807, 2.05) is 27.1 Å². The highest BCUT2D eigenvalue weighted by molar-refractivity contribution is 5.55. The molecule has 0 fully saturated rings. The molecule has 1 rings (SSSR count). The molecular weight excluding hydrogens is 227 g/mol. The minimum absolute atomic E-state index is 0.00335. The second kappa shape index (κ2) is 5.70. The molecule has 0 saturated heterocycles. The van der Waals surface area contributed by atoms with Crippen LogP contribution in [-0.2, 0) is 0 Å². The van der Waals surface area contributed by atoms with Gasteiger partial charge in [0.1, 0.15) is 5.82 Å². The van der Waals surface area contributed by atoms with Gasteiger partial charge in [0, 0.05) is 30.9 Å². The predicted molar refractivity (Wildman–Crippen MR) is 76.6 cm³/mol. The molecule has 0 spiro atoms. The number of halogens is 1. The third-order valence-electron chi connectivity index (χ3n) is 3.02. The quantitative estimate of drug-likeness (QED) is 0.881. The largest absolute Gasteiger partial charge is 0.374 e. The molecule has 2 nitrogen and oxygen atoms in total. The second-order valence-electron chi connectivity index (χ2n) is 6.10. The van der Waals surface area contributed by atoms with Gasteiger partial charge in [0.25, 0.3) is 0 Å². The molecule has 0 aliphatic carbocycles. The van der Waals surface area contributed by atoms with E-state index in [1.165, 1.54) is 6.07 Å². The third-order valence-corrected chi connectivity index (χ3v) is 3.02. The van der Waals surface area contributed by atoms with Crippen LogP contribution in [0.2, 0.25) is 0 Å². The Labute approximate surface area is 110 Å². The van der Waals surface area contributed by atoms with Gasteiger partial charge in [-0.1, -0.05) is 26.8 Å². The van der Waals surface area contributed by atoms with Crippen molar-refractivity contribution < 1.29 is 4.39 Å². The van der Waals surface area contributed by atoms with Crippen LogP contribution >= 0.6 is 0 Å². The highest BCUT2D eigenvalue weighted by Crippen LogP contribution is 2.30. The van der Waals surface area contributed by atoms with Crippen LogP contribution in [0, 0.1) is 11.2 Å². The predicted octanol–water partition coefficient (Wildman–Crippen LogP) is 3.59. The maximum Gasteiger partial charge on any atom is 0.130 e. The lowest BCUT2D eigenvalue weighted by atomic mass is 9.95. The number of anilines is 1. The summed E-state index contributed by atoms with van der Waals surface area (Å²) in [5, 5.41) is 3.11. The number of nitrogens with zero attached hydrogens (tertiary/aromatic N) is 1. The maximum atomic E-state index is 14.0. The van der Waals surface area contributed by atoms with Crippen LogP contribution in [0.5, 0.6) is 0 Å². The fourth-order valence-corrected chi connectivity index (χ4v) is 2.23.